The predicted octanol–water partition coefficient (Wildman–Crippen LogP) is 3.39. The van der Waals surface area contributed by atoms with Crippen molar-refractivity contribution >= 4 is 32.1 Å². The first-order valence-corrected chi connectivity index (χ1v) is 10.4. The third-order valence-corrected chi connectivity index (χ3v) is 6.61. The van der Waals surface area contributed by atoms with E-state index < -0.39 is 10.0 Å². The molecule has 1 fully saturated rings. The second-order valence-electron chi connectivity index (χ2n) is 6.66. The lowest BCUT2D eigenvalue weighted by Gasteiger charge is -2.20. The van der Waals surface area contributed by atoms with Gasteiger partial charge in [0, 0.05) is 18.2 Å². The summed E-state index contributed by atoms with van der Waals surface area (Å²) in [4.78, 5) is 12.6. The minimum absolute atomic E-state index is 0.0451. The van der Waals surface area contributed by atoms with Gasteiger partial charge >= 0.3 is 0 Å². The van der Waals surface area contributed by atoms with Crippen LogP contribution in [0.1, 0.15) is 31.2 Å². The number of H-pyrrole nitrogens is 1. The van der Waals surface area contributed by atoms with Gasteiger partial charge in [0.05, 0.1) is 16.6 Å². The Hall–Kier alpha value is -2.71. The average Bonchev–Trinajstić information content (AvgIpc) is 3.33. The van der Waals surface area contributed by atoms with Crippen LogP contribution in [0.2, 0.25) is 0 Å². The van der Waals surface area contributed by atoms with Crippen molar-refractivity contribution in [2.75, 3.05) is 6.61 Å². The molecule has 138 valence electrons. The Bertz CT molecular complexity index is 1220. The van der Waals surface area contributed by atoms with Crippen LogP contribution in [0.25, 0.3) is 22.1 Å². The molecule has 4 aromatic rings. The van der Waals surface area contributed by atoms with Gasteiger partial charge in [0.2, 0.25) is 0 Å². The number of pyridine rings is 1. The van der Waals surface area contributed by atoms with Gasteiger partial charge in [-0.05, 0) is 37.5 Å². The zero-order valence-electron chi connectivity index (χ0n) is 14.5. The number of aromatic amines is 1. The van der Waals surface area contributed by atoms with Crippen LogP contribution < -0.4 is 0 Å². The van der Waals surface area contributed by atoms with Gasteiger partial charge in [-0.1, -0.05) is 18.2 Å². The highest BCUT2D eigenvalue weighted by molar-refractivity contribution is 7.90. The highest BCUT2D eigenvalue weighted by atomic mass is 32.2. The van der Waals surface area contributed by atoms with E-state index in [4.69, 9.17) is 9.72 Å². The fraction of sp³-hybridized carbons (Fsp3) is 0.263. The SMILES string of the molecule is O=S(=O)(c1ccccc1)n1ccc2c3nc(C4CCCCO4)[nH]c3cnc21. The average molecular weight is 382 g/mol. The summed E-state index contributed by atoms with van der Waals surface area (Å²) in [5.74, 6) is 0.776. The van der Waals surface area contributed by atoms with E-state index in [1.54, 1.807) is 42.6 Å². The van der Waals surface area contributed by atoms with Crippen molar-refractivity contribution in [3.8, 4) is 0 Å². The van der Waals surface area contributed by atoms with Gasteiger partial charge in [-0.3, -0.25) is 0 Å². The minimum atomic E-state index is -3.71. The number of ether oxygens (including phenoxy) is 1. The molecule has 27 heavy (non-hydrogen) atoms. The van der Waals surface area contributed by atoms with Gasteiger partial charge in [0.1, 0.15) is 17.4 Å². The normalized spacial score (nSPS) is 18.3. The van der Waals surface area contributed by atoms with Crippen LogP contribution in [0, 0.1) is 0 Å². The van der Waals surface area contributed by atoms with Crippen LogP contribution in [0.15, 0.2) is 53.7 Å². The summed E-state index contributed by atoms with van der Waals surface area (Å²) >= 11 is 0. The topological polar surface area (TPSA) is 89.9 Å². The van der Waals surface area contributed by atoms with Crippen LogP contribution >= 0.6 is 0 Å². The summed E-state index contributed by atoms with van der Waals surface area (Å²) in [6.07, 6.45) is 6.24. The lowest BCUT2D eigenvalue weighted by Crippen LogP contribution is -2.12. The molecule has 1 aliphatic rings. The fourth-order valence-corrected chi connectivity index (χ4v) is 4.88. The molecule has 1 atom stereocenters. The maximum Gasteiger partial charge on any atom is 0.269 e. The van der Waals surface area contributed by atoms with Gasteiger partial charge in [-0.15, -0.1) is 0 Å². The molecule has 4 heterocycles. The summed E-state index contributed by atoms with van der Waals surface area (Å²) in [7, 11) is -3.71. The second kappa shape index (κ2) is 6.17. The summed E-state index contributed by atoms with van der Waals surface area (Å²) < 4.78 is 33.0. The van der Waals surface area contributed by atoms with E-state index in [1.807, 2.05) is 0 Å². The number of aromatic nitrogens is 4. The van der Waals surface area contributed by atoms with E-state index in [1.165, 1.54) is 10.2 Å². The molecule has 0 aliphatic carbocycles. The molecule has 0 radical (unpaired) electrons. The number of imidazole rings is 1. The summed E-state index contributed by atoms with van der Waals surface area (Å²) in [6, 6.07) is 10.1. The van der Waals surface area contributed by atoms with Crippen LogP contribution in [0.5, 0.6) is 0 Å². The van der Waals surface area contributed by atoms with Gasteiger partial charge in [0.15, 0.2) is 5.65 Å². The van der Waals surface area contributed by atoms with Crippen molar-refractivity contribution in [3.63, 3.8) is 0 Å². The third kappa shape index (κ3) is 2.64. The number of nitrogens with zero attached hydrogens (tertiary/aromatic N) is 3. The Labute approximate surface area is 156 Å². The molecular formula is C19H18N4O3S. The monoisotopic (exact) mass is 382 g/mol. The minimum Gasteiger partial charge on any atom is -0.370 e. The van der Waals surface area contributed by atoms with Gasteiger partial charge in [-0.2, -0.15) is 0 Å². The molecule has 0 spiro atoms. The lowest BCUT2D eigenvalue weighted by atomic mass is 10.1. The molecule has 1 N–H and O–H groups in total. The van der Waals surface area contributed by atoms with Crippen molar-refractivity contribution in [1.29, 1.82) is 0 Å². The Morgan fingerprint density at radius 2 is 2.00 bits per heavy atom. The van der Waals surface area contributed by atoms with Crippen molar-refractivity contribution in [1.82, 2.24) is 18.9 Å². The van der Waals surface area contributed by atoms with Gasteiger partial charge < -0.3 is 9.72 Å². The van der Waals surface area contributed by atoms with Crippen LogP contribution in [-0.4, -0.2) is 33.9 Å². The number of fused-ring (bicyclic) bond motifs is 3. The van der Waals surface area contributed by atoms with Gasteiger partial charge in [0.25, 0.3) is 10.0 Å². The number of hydrogen-bond acceptors (Lipinski definition) is 5. The zero-order chi connectivity index (χ0) is 18.4. The molecule has 1 saturated heterocycles. The second-order valence-corrected chi connectivity index (χ2v) is 8.48. The number of benzene rings is 1. The van der Waals surface area contributed by atoms with E-state index in [2.05, 4.69) is 9.97 Å². The van der Waals surface area contributed by atoms with E-state index in [9.17, 15) is 8.42 Å². The maximum atomic E-state index is 13.0. The van der Waals surface area contributed by atoms with Crippen LogP contribution in [-0.2, 0) is 14.8 Å². The summed E-state index contributed by atoms with van der Waals surface area (Å²) in [6.45, 7) is 0.737. The van der Waals surface area contributed by atoms with Crippen molar-refractivity contribution in [2.45, 2.75) is 30.3 Å². The molecule has 0 amide bonds. The highest BCUT2D eigenvalue weighted by Gasteiger charge is 2.23. The zero-order valence-corrected chi connectivity index (χ0v) is 15.3. The smallest absolute Gasteiger partial charge is 0.269 e. The summed E-state index contributed by atoms with van der Waals surface area (Å²) in [5, 5.41) is 0.699. The molecule has 7 nitrogen and oxygen atoms in total. The van der Waals surface area contributed by atoms with Crippen molar-refractivity contribution in [2.24, 2.45) is 0 Å². The first kappa shape index (κ1) is 16.5. The van der Waals surface area contributed by atoms with Crippen LogP contribution in [0.3, 0.4) is 0 Å². The Morgan fingerprint density at radius 1 is 1.15 bits per heavy atom. The highest BCUT2D eigenvalue weighted by Crippen LogP contribution is 2.30. The molecule has 1 aliphatic heterocycles. The Kier molecular flexibility index (Phi) is 3.76. The van der Waals surface area contributed by atoms with E-state index >= 15 is 0 Å². The van der Waals surface area contributed by atoms with Crippen LogP contribution in [0.4, 0.5) is 0 Å². The molecule has 0 saturated carbocycles. The quantitative estimate of drug-likeness (QED) is 0.587. The van der Waals surface area contributed by atoms with E-state index in [-0.39, 0.29) is 11.0 Å². The van der Waals surface area contributed by atoms with Crippen molar-refractivity contribution < 1.29 is 13.2 Å². The number of rotatable bonds is 3. The molecule has 3 aromatic heterocycles. The lowest BCUT2D eigenvalue weighted by molar-refractivity contribution is 0.0101. The largest absolute Gasteiger partial charge is 0.370 e. The maximum absolute atomic E-state index is 13.0. The molecule has 8 heteroatoms. The predicted molar refractivity (Wildman–Crippen MR) is 101 cm³/mol. The standard InChI is InChI=1S/C19H18N4O3S/c24-27(25,13-6-2-1-3-7-13)23-10-9-14-17-15(12-20-19(14)23)21-18(22-17)16-8-4-5-11-26-16/h1-3,6-7,9-10,12,16H,4-5,8,11H2,(H,21,22). The number of nitrogens with one attached hydrogen (secondary N) is 1. The molecule has 5 rings (SSSR count). The first-order valence-electron chi connectivity index (χ1n) is 8.92. The molecule has 0 bridgehead atoms. The molecule has 1 aromatic carbocycles. The fourth-order valence-electron chi connectivity index (χ4n) is 3.56. The molecule has 1 unspecified atom stereocenters. The Balaban J connectivity index is 1.65. The van der Waals surface area contributed by atoms with E-state index in [0.717, 1.165) is 37.2 Å². The van der Waals surface area contributed by atoms with Gasteiger partial charge in [-0.25, -0.2) is 22.4 Å². The third-order valence-electron chi connectivity index (χ3n) is 4.93. The van der Waals surface area contributed by atoms with Crippen molar-refractivity contribution in [3.05, 3.63) is 54.6 Å². The number of hydrogen-bond donors (Lipinski definition) is 1. The Morgan fingerprint density at radius 3 is 2.78 bits per heavy atom. The first-order chi connectivity index (χ1) is 13.1. The van der Waals surface area contributed by atoms with E-state index in [0.29, 0.717) is 16.6 Å². The summed E-state index contributed by atoms with van der Waals surface area (Å²) in [5.41, 5.74) is 1.86. The molecular weight excluding hydrogens is 364 g/mol.